The minimum absolute atomic E-state index is 0.0991. The topological polar surface area (TPSA) is 27.7 Å². The van der Waals surface area contributed by atoms with Crippen molar-refractivity contribution in [2.75, 3.05) is 0 Å². The molecule has 1 saturated heterocycles. The standard InChI is InChI=1S/C18H32O3/c1-9-10(2)15(7)20-18(13(9)5)21-17-12(4)11(3)14(6)19-16(17)8/h9,11-14,16-18H,1-8H3. The van der Waals surface area contributed by atoms with Gasteiger partial charge in [0.15, 0.2) is 0 Å². The number of hydrogen-bond acceptors (Lipinski definition) is 3. The van der Waals surface area contributed by atoms with Gasteiger partial charge in [0, 0.05) is 5.92 Å². The van der Waals surface area contributed by atoms with Crippen molar-refractivity contribution in [2.24, 2.45) is 23.7 Å². The Kier molecular flexibility index (Phi) is 5.04. The van der Waals surface area contributed by atoms with E-state index in [0.717, 1.165) is 5.76 Å². The van der Waals surface area contributed by atoms with Gasteiger partial charge in [-0.25, -0.2) is 0 Å². The van der Waals surface area contributed by atoms with E-state index >= 15 is 0 Å². The molecule has 3 heteroatoms. The number of hydrogen-bond donors (Lipinski definition) is 0. The first kappa shape index (κ1) is 16.8. The molecule has 0 saturated carbocycles. The summed E-state index contributed by atoms with van der Waals surface area (Å²) in [7, 11) is 0. The molecule has 2 rings (SSSR count). The Morgan fingerprint density at radius 3 is 2.05 bits per heavy atom. The SMILES string of the molecule is CC1=C(C)C(C)C(C)C(OC2C(C)OC(C)C(C)C2C)O1. The van der Waals surface area contributed by atoms with Crippen LogP contribution in [0.5, 0.6) is 0 Å². The molecule has 2 heterocycles. The molecule has 0 aliphatic carbocycles. The molecule has 2 aliphatic heterocycles. The lowest BCUT2D eigenvalue weighted by Crippen LogP contribution is -2.51. The van der Waals surface area contributed by atoms with Crippen LogP contribution in [0, 0.1) is 23.7 Å². The maximum absolute atomic E-state index is 6.40. The van der Waals surface area contributed by atoms with Crippen molar-refractivity contribution in [3.8, 4) is 0 Å². The monoisotopic (exact) mass is 296 g/mol. The molecule has 2 aliphatic rings. The van der Waals surface area contributed by atoms with Crippen LogP contribution >= 0.6 is 0 Å². The first-order valence-corrected chi connectivity index (χ1v) is 8.39. The second-order valence-corrected chi connectivity index (χ2v) is 7.24. The lowest BCUT2D eigenvalue weighted by Gasteiger charge is -2.45. The molecule has 3 nitrogen and oxygen atoms in total. The van der Waals surface area contributed by atoms with E-state index in [0.29, 0.717) is 29.8 Å². The maximum atomic E-state index is 6.40. The lowest BCUT2D eigenvalue weighted by atomic mass is 9.81. The van der Waals surface area contributed by atoms with E-state index in [4.69, 9.17) is 14.2 Å². The predicted molar refractivity (Wildman–Crippen MR) is 84.8 cm³/mol. The molecular weight excluding hydrogens is 264 g/mol. The first-order chi connectivity index (χ1) is 9.73. The molecule has 0 aromatic carbocycles. The zero-order chi connectivity index (χ0) is 15.9. The third-order valence-corrected chi connectivity index (χ3v) is 6.02. The van der Waals surface area contributed by atoms with Crippen LogP contribution in [-0.4, -0.2) is 24.6 Å². The van der Waals surface area contributed by atoms with Crippen LogP contribution in [0.15, 0.2) is 11.3 Å². The zero-order valence-electron chi connectivity index (χ0n) is 14.8. The van der Waals surface area contributed by atoms with Gasteiger partial charge in [-0.2, -0.15) is 0 Å². The van der Waals surface area contributed by atoms with E-state index < -0.39 is 0 Å². The molecule has 0 N–H and O–H groups in total. The fourth-order valence-electron chi connectivity index (χ4n) is 3.56. The van der Waals surface area contributed by atoms with Crippen molar-refractivity contribution in [3.05, 3.63) is 11.3 Å². The van der Waals surface area contributed by atoms with Crippen LogP contribution in [0.25, 0.3) is 0 Å². The van der Waals surface area contributed by atoms with Crippen LogP contribution in [0.3, 0.4) is 0 Å². The summed E-state index contributed by atoms with van der Waals surface area (Å²) in [5.74, 6) is 2.85. The Morgan fingerprint density at radius 1 is 0.810 bits per heavy atom. The Hall–Kier alpha value is -0.540. The second kappa shape index (κ2) is 6.29. The highest BCUT2D eigenvalue weighted by Crippen LogP contribution is 2.38. The highest BCUT2D eigenvalue weighted by Gasteiger charge is 2.42. The summed E-state index contributed by atoms with van der Waals surface area (Å²) in [5.41, 5.74) is 1.34. The number of rotatable bonds is 2. The molecule has 1 fully saturated rings. The van der Waals surface area contributed by atoms with E-state index in [1.807, 2.05) is 6.92 Å². The van der Waals surface area contributed by atoms with Gasteiger partial charge in [0.25, 0.3) is 0 Å². The molecule has 0 aromatic rings. The van der Waals surface area contributed by atoms with E-state index in [1.165, 1.54) is 5.57 Å². The molecule has 0 radical (unpaired) electrons. The summed E-state index contributed by atoms with van der Waals surface area (Å²) in [6.07, 6.45) is 0.344. The third-order valence-electron chi connectivity index (χ3n) is 6.02. The minimum atomic E-state index is -0.164. The Labute approximate surface area is 130 Å². The quantitative estimate of drug-likeness (QED) is 0.757. The first-order valence-electron chi connectivity index (χ1n) is 8.39. The van der Waals surface area contributed by atoms with Crippen molar-refractivity contribution in [1.82, 2.24) is 0 Å². The predicted octanol–water partition coefficient (Wildman–Crippen LogP) is 4.37. The van der Waals surface area contributed by atoms with Crippen molar-refractivity contribution in [1.29, 1.82) is 0 Å². The van der Waals surface area contributed by atoms with Gasteiger partial charge >= 0.3 is 0 Å². The summed E-state index contributed by atoms with van der Waals surface area (Å²) in [6.45, 7) is 17.5. The molecule has 0 spiro atoms. The van der Waals surface area contributed by atoms with E-state index in [9.17, 15) is 0 Å². The van der Waals surface area contributed by atoms with Crippen molar-refractivity contribution in [2.45, 2.75) is 80.0 Å². The van der Waals surface area contributed by atoms with Crippen LogP contribution in [0.4, 0.5) is 0 Å². The maximum Gasteiger partial charge on any atom is 0.202 e. The lowest BCUT2D eigenvalue weighted by molar-refractivity contribution is -0.254. The van der Waals surface area contributed by atoms with Gasteiger partial charge < -0.3 is 14.2 Å². The molecule has 0 bridgehead atoms. The van der Waals surface area contributed by atoms with Gasteiger partial charge in [-0.15, -0.1) is 0 Å². The minimum Gasteiger partial charge on any atom is -0.469 e. The molecule has 0 amide bonds. The van der Waals surface area contributed by atoms with Crippen molar-refractivity contribution in [3.63, 3.8) is 0 Å². The molecular formula is C18H32O3. The van der Waals surface area contributed by atoms with Crippen molar-refractivity contribution < 1.29 is 14.2 Å². The van der Waals surface area contributed by atoms with Crippen molar-refractivity contribution >= 4 is 0 Å². The molecule has 122 valence electrons. The Bertz CT molecular complexity index is 403. The van der Waals surface area contributed by atoms with Gasteiger partial charge in [0.1, 0.15) is 0 Å². The van der Waals surface area contributed by atoms with Gasteiger partial charge in [0.2, 0.25) is 6.29 Å². The van der Waals surface area contributed by atoms with Gasteiger partial charge in [0.05, 0.1) is 24.1 Å². The van der Waals surface area contributed by atoms with E-state index in [-0.39, 0.29) is 18.5 Å². The van der Waals surface area contributed by atoms with Crippen LogP contribution in [-0.2, 0) is 14.2 Å². The van der Waals surface area contributed by atoms with Crippen LogP contribution < -0.4 is 0 Å². The average molecular weight is 296 g/mol. The van der Waals surface area contributed by atoms with E-state index in [1.54, 1.807) is 0 Å². The summed E-state index contributed by atoms with van der Waals surface area (Å²) < 4.78 is 18.5. The summed E-state index contributed by atoms with van der Waals surface area (Å²) in [5, 5.41) is 0. The highest BCUT2D eigenvalue weighted by molar-refractivity contribution is 5.11. The largest absolute Gasteiger partial charge is 0.469 e. The smallest absolute Gasteiger partial charge is 0.202 e. The fourth-order valence-corrected chi connectivity index (χ4v) is 3.56. The van der Waals surface area contributed by atoms with Gasteiger partial charge in [-0.3, -0.25) is 0 Å². The zero-order valence-corrected chi connectivity index (χ0v) is 14.8. The second-order valence-electron chi connectivity index (χ2n) is 7.24. The molecule has 21 heavy (non-hydrogen) atoms. The Morgan fingerprint density at radius 2 is 1.43 bits per heavy atom. The van der Waals surface area contributed by atoms with Gasteiger partial charge in [-0.1, -0.05) is 27.7 Å². The average Bonchev–Trinajstić information content (AvgIpc) is 2.44. The van der Waals surface area contributed by atoms with Crippen LogP contribution in [0.2, 0.25) is 0 Å². The summed E-state index contributed by atoms with van der Waals surface area (Å²) in [6, 6.07) is 0. The fraction of sp³-hybridized carbons (Fsp3) is 0.889. The molecule has 8 unspecified atom stereocenters. The number of ether oxygens (including phenoxy) is 3. The van der Waals surface area contributed by atoms with Gasteiger partial charge in [-0.05, 0) is 51.0 Å². The highest BCUT2D eigenvalue weighted by atomic mass is 16.7. The normalized spacial score (nSPS) is 48.2. The van der Waals surface area contributed by atoms with E-state index in [2.05, 4.69) is 48.5 Å². The Balaban J connectivity index is 2.10. The molecule has 8 atom stereocenters. The number of allylic oxidation sites excluding steroid dienone is 2. The summed E-state index contributed by atoms with van der Waals surface area (Å²) >= 11 is 0. The third kappa shape index (κ3) is 3.14. The summed E-state index contributed by atoms with van der Waals surface area (Å²) in [4.78, 5) is 0. The molecule has 0 aromatic heterocycles. The van der Waals surface area contributed by atoms with Crippen LogP contribution in [0.1, 0.15) is 55.4 Å².